The highest BCUT2D eigenvalue weighted by molar-refractivity contribution is 9.19. The molecule has 0 aliphatic carbocycles. The lowest BCUT2D eigenvalue weighted by Gasteiger charge is -2.27. The Morgan fingerprint density at radius 2 is 1.10 bits per heavy atom. The summed E-state index contributed by atoms with van der Waals surface area (Å²) >= 11 is 12.2. The highest BCUT2D eigenvalue weighted by atomic mass is 33.5. The molecule has 3 rings (SSSR count). The predicted molar refractivity (Wildman–Crippen MR) is 135 cm³/mol. The summed E-state index contributed by atoms with van der Waals surface area (Å²) in [6.07, 6.45) is 0. The first-order valence-electron chi connectivity index (χ1n) is 8.86. The molecule has 4 nitrogen and oxygen atoms in total. The minimum Gasteiger partial charge on any atom is -0.497 e. The molecule has 0 N–H and O–H groups in total. The third kappa shape index (κ3) is 5.81. The Morgan fingerprint density at radius 3 is 1.41 bits per heavy atom. The van der Waals surface area contributed by atoms with Crippen LogP contribution in [-0.2, 0) is 32.7 Å². The van der Waals surface area contributed by atoms with Crippen LogP contribution in [0.15, 0.2) is 48.5 Å². The SMILES string of the molecule is COc1ccc([P@@]2(=S)OCC(C)(C)CO[P@](=S)(c3ccc(OC)cc3)SS2)cc1. The third-order valence-electron chi connectivity index (χ3n) is 4.26. The zero-order chi connectivity index (χ0) is 21.1. The van der Waals surface area contributed by atoms with Gasteiger partial charge < -0.3 is 18.5 Å². The summed E-state index contributed by atoms with van der Waals surface area (Å²) in [4.78, 5) is 0. The van der Waals surface area contributed by atoms with Crippen molar-refractivity contribution in [3.63, 3.8) is 0 Å². The lowest BCUT2D eigenvalue weighted by Crippen LogP contribution is -2.25. The molecule has 0 aromatic heterocycles. The van der Waals surface area contributed by atoms with E-state index in [1.807, 2.05) is 48.5 Å². The van der Waals surface area contributed by atoms with Crippen LogP contribution in [0.4, 0.5) is 0 Å². The van der Waals surface area contributed by atoms with Crippen molar-refractivity contribution in [2.75, 3.05) is 27.4 Å². The standard InChI is InChI=1S/C19H24O4P2S4/c1-19(2)13-22-24(26,17-9-5-15(20-3)6-10-17)28-29-25(27,23-14-19)18-11-7-16(21-4)8-12-18/h5-12H,13-14H2,1-4H3/t24-,25-/m0/s1. The van der Waals surface area contributed by atoms with Gasteiger partial charge in [-0.3, -0.25) is 0 Å². The van der Waals surface area contributed by atoms with E-state index < -0.39 is 10.9 Å². The molecule has 0 unspecified atom stereocenters. The molecule has 0 amide bonds. The maximum Gasteiger partial charge on any atom is 0.159 e. The second-order valence-electron chi connectivity index (χ2n) is 7.25. The molecule has 1 fully saturated rings. The van der Waals surface area contributed by atoms with Gasteiger partial charge in [0.25, 0.3) is 0 Å². The number of hydrogen-bond acceptors (Lipinski definition) is 8. The van der Waals surface area contributed by atoms with Crippen molar-refractivity contribution in [3.8, 4) is 11.5 Å². The van der Waals surface area contributed by atoms with E-state index in [2.05, 4.69) is 13.8 Å². The van der Waals surface area contributed by atoms with E-state index in [1.54, 1.807) is 35.0 Å². The number of benzene rings is 2. The Morgan fingerprint density at radius 1 is 0.759 bits per heavy atom. The van der Waals surface area contributed by atoms with E-state index in [9.17, 15) is 0 Å². The second kappa shape index (κ2) is 9.62. The Balaban J connectivity index is 1.96. The Bertz CT molecular complexity index is 857. The average molecular weight is 507 g/mol. The summed E-state index contributed by atoms with van der Waals surface area (Å²) in [7, 11) is 6.43. The molecule has 0 radical (unpaired) electrons. The fourth-order valence-electron chi connectivity index (χ4n) is 2.46. The van der Waals surface area contributed by atoms with E-state index in [1.165, 1.54) is 0 Å². The van der Waals surface area contributed by atoms with Crippen molar-refractivity contribution in [2.24, 2.45) is 5.41 Å². The Kier molecular flexibility index (Phi) is 7.84. The van der Waals surface area contributed by atoms with E-state index >= 15 is 0 Å². The zero-order valence-electron chi connectivity index (χ0n) is 16.7. The van der Waals surface area contributed by atoms with Gasteiger partial charge in [0, 0.05) is 16.0 Å². The first-order chi connectivity index (χ1) is 13.7. The fraction of sp³-hybridized carbons (Fsp3) is 0.368. The van der Waals surface area contributed by atoms with Gasteiger partial charge in [0.15, 0.2) is 10.9 Å². The van der Waals surface area contributed by atoms with Crippen molar-refractivity contribution in [3.05, 3.63) is 48.5 Å². The van der Waals surface area contributed by atoms with Crippen LogP contribution in [0.3, 0.4) is 0 Å². The number of hydrogen-bond donors (Lipinski definition) is 0. The van der Waals surface area contributed by atoms with Gasteiger partial charge in [0.05, 0.1) is 27.4 Å². The lowest BCUT2D eigenvalue weighted by atomic mass is 9.97. The van der Waals surface area contributed by atoms with Crippen LogP contribution in [0.25, 0.3) is 0 Å². The van der Waals surface area contributed by atoms with Gasteiger partial charge in [-0.15, -0.1) is 0 Å². The summed E-state index contributed by atoms with van der Waals surface area (Å²) in [5.41, 5.74) is -4.95. The molecule has 29 heavy (non-hydrogen) atoms. The molecule has 1 saturated heterocycles. The maximum absolute atomic E-state index is 6.39. The molecule has 10 heteroatoms. The highest BCUT2D eigenvalue weighted by Crippen LogP contribution is 2.76. The molecule has 2 aromatic rings. The van der Waals surface area contributed by atoms with Gasteiger partial charge in [-0.2, -0.15) is 0 Å². The van der Waals surface area contributed by atoms with Crippen molar-refractivity contribution in [2.45, 2.75) is 13.8 Å². The van der Waals surface area contributed by atoms with E-state index in [4.69, 9.17) is 42.1 Å². The highest BCUT2D eigenvalue weighted by Gasteiger charge is 2.35. The molecule has 158 valence electrons. The van der Waals surface area contributed by atoms with Gasteiger partial charge in [0.1, 0.15) is 11.5 Å². The van der Waals surface area contributed by atoms with Crippen LogP contribution >= 0.6 is 31.8 Å². The van der Waals surface area contributed by atoms with Gasteiger partial charge in [-0.25, -0.2) is 0 Å². The molecular weight excluding hydrogens is 482 g/mol. The molecule has 1 heterocycles. The zero-order valence-corrected chi connectivity index (χ0v) is 21.7. The summed E-state index contributed by atoms with van der Waals surface area (Å²) in [5.74, 6) is 1.59. The van der Waals surface area contributed by atoms with Gasteiger partial charge >= 0.3 is 0 Å². The van der Waals surface area contributed by atoms with E-state index in [0.29, 0.717) is 13.2 Å². The molecule has 0 spiro atoms. The third-order valence-corrected chi connectivity index (χ3v) is 21.9. The Hall–Kier alpha value is -0.0400. The van der Waals surface area contributed by atoms with Crippen LogP contribution in [-0.4, -0.2) is 27.4 Å². The van der Waals surface area contributed by atoms with Crippen LogP contribution in [0.2, 0.25) is 0 Å². The first kappa shape index (κ1) is 23.6. The average Bonchev–Trinajstić information content (AvgIpc) is 2.79. The smallest absolute Gasteiger partial charge is 0.159 e. The summed E-state index contributed by atoms with van der Waals surface area (Å²) in [6, 6.07) is 15.7. The predicted octanol–water partition coefficient (Wildman–Crippen LogP) is 5.73. The van der Waals surface area contributed by atoms with Crippen LogP contribution in [0.5, 0.6) is 11.5 Å². The first-order valence-corrected chi connectivity index (χ1v) is 17.7. The van der Waals surface area contributed by atoms with Crippen molar-refractivity contribution in [1.82, 2.24) is 0 Å². The lowest BCUT2D eigenvalue weighted by molar-refractivity contribution is 0.130. The number of methoxy groups -OCH3 is 2. The van der Waals surface area contributed by atoms with Crippen LogP contribution in [0.1, 0.15) is 13.8 Å². The monoisotopic (exact) mass is 506 g/mol. The van der Waals surface area contributed by atoms with Crippen LogP contribution < -0.4 is 20.1 Å². The fourth-order valence-corrected chi connectivity index (χ4v) is 21.7. The Labute approximate surface area is 190 Å². The van der Waals surface area contributed by atoms with Crippen molar-refractivity contribution in [1.29, 1.82) is 0 Å². The molecule has 0 bridgehead atoms. The second-order valence-corrected chi connectivity index (χ2v) is 22.2. The van der Waals surface area contributed by atoms with Gasteiger partial charge in [-0.05, 0) is 93.0 Å². The molecule has 1 aliphatic heterocycles. The van der Waals surface area contributed by atoms with Crippen molar-refractivity contribution < 1.29 is 18.5 Å². The topological polar surface area (TPSA) is 36.9 Å². The van der Waals surface area contributed by atoms with E-state index in [-0.39, 0.29) is 5.41 Å². The largest absolute Gasteiger partial charge is 0.497 e. The quantitative estimate of drug-likeness (QED) is 0.385. The summed E-state index contributed by atoms with van der Waals surface area (Å²) in [5, 5.41) is 2.00. The van der Waals surface area contributed by atoms with E-state index in [0.717, 1.165) is 22.1 Å². The number of rotatable bonds is 4. The molecule has 1 aliphatic rings. The minimum absolute atomic E-state index is 0.196. The molecule has 2 atom stereocenters. The van der Waals surface area contributed by atoms with Crippen LogP contribution in [0, 0.1) is 5.41 Å². The molecular formula is C19H24O4P2S4. The molecule has 2 aromatic carbocycles. The maximum atomic E-state index is 6.39. The minimum atomic E-state index is -2.38. The normalized spacial score (nSPS) is 27.3. The number of ether oxygens (including phenoxy) is 2. The van der Waals surface area contributed by atoms with Gasteiger partial charge in [0.2, 0.25) is 0 Å². The van der Waals surface area contributed by atoms with Crippen molar-refractivity contribution >= 4 is 66.0 Å². The van der Waals surface area contributed by atoms with Gasteiger partial charge in [-0.1, -0.05) is 13.8 Å². The summed E-state index contributed by atoms with van der Waals surface area (Å²) < 4.78 is 23.3. The molecule has 0 saturated carbocycles. The summed E-state index contributed by atoms with van der Waals surface area (Å²) in [6.45, 7) is 5.27.